The van der Waals surface area contributed by atoms with Crippen LogP contribution in [-0.2, 0) is 5.41 Å². The Bertz CT molecular complexity index is 807. The maximum Gasteiger partial charge on any atom is 0.205 e. The van der Waals surface area contributed by atoms with E-state index in [4.69, 9.17) is 5.73 Å². The molecule has 3 aromatic rings. The van der Waals surface area contributed by atoms with Crippen LogP contribution in [0, 0.1) is 6.92 Å². The molecule has 0 saturated heterocycles. The van der Waals surface area contributed by atoms with Crippen LogP contribution < -0.4 is 5.73 Å². The molecule has 3 heteroatoms. The van der Waals surface area contributed by atoms with E-state index < -0.39 is 0 Å². The average Bonchev–Trinajstić information content (AvgIpc) is 2.75. The SMILES string of the molecule is Cc1cccc2c1nc(N)n2-c1ccccc1C(C)(C)C. The Balaban J connectivity index is 2.37. The van der Waals surface area contributed by atoms with Gasteiger partial charge >= 0.3 is 0 Å². The molecule has 0 atom stereocenters. The number of para-hydroxylation sites is 2. The van der Waals surface area contributed by atoms with Gasteiger partial charge in [0.1, 0.15) is 0 Å². The molecular formula is C18H21N3. The molecule has 2 N–H and O–H groups in total. The number of nitrogen functional groups attached to an aromatic ring is 1. The molecule has 2 aromatic carbocycles. The van der Waals surface area contributed by atoms with Crippen molar-refractivity contribution in [3.63, 3.8) is 0 Å². The van der Waals surface area contributed by atoms with Crippen molar-refractivity contribution < 1.29 is 0 Å². The highest BCUT2D eigenvalue weighted by molar-refractivity contribution is 5.84. The molecule has 108 valence electrons. The minimum atomic E-state index is 0.0451. The van der Waals surface area contributed by atoms with E-state index in [1.54, 1.807) is 0 Å². The van der Waals surface area contributed by atoms with Gasteiger partial charge in [0.05, 0.1) is 16.7 Å². The number of benzene rings is 2. The third-order valence-corrected chi connectivity index (χ3v) is 3.87. The van der Waals surface area contributed by atoms with Crippen LogP contribution >= 0.6 is 0 Å². The first-order chi connectivity index (χ1) is 9.89. The standard InChI is InChI=1S/C18H21N3/c1-12-8-7-11-15-16(12)20-17(19)21(15)14-10-6-5-9-13(14)18(2,3)4/h5-11H,1-4H3,(H2,19,20). The second kappa shape index (κ2) is 4.62. The largest absolute Gasteiger partial charge is 0.369 e. The monoisotopic (exact) mass is 279 g/mol. The number of fused-ring (bicyclic) bond motifs is 1. The molecule has 0 saturated carbocycles. The minimum absolute atomic E-state index is 0.0451. The lowest BCUT2D eigenvalue weighted by Gasteiger charge is -2.23. The Morgan fingerprint density at radius 2 is 1.71 bits per heavy atom. The molecule has 1 heterocycles. The quantitative estimate of drug-likeness (QED) is 0.725. The lowest BCUT2D eigenvalue weighted by atomic mass is 9.85. The number of anilines is 1. The summed E-state index contributed by atoms with van der Waals surface area (Å²) in [7, 11) is 0. The first-order valence-corrected chi connectivity index (χ1v) is 7.23. The predicted octanol–water partition coefficient (Wildman–Crippen LogP) is 4.21. The van der Waals surface area contributed by atoms with E-state index >= 15 is 0 Å². The van der Waals surface area contributed by atoms with Crippen molar-refractivity contribution in [2.45, 2.75) is 33.1 Å². The summed E-state index contributed by atoms with van der Waals surface area (Å²) < 4.78 is 2.06. The van der Waals surface area contributed by atoms with E-state index in [0.717, 1.165) is 22.3 Å². The molecule has 21 heavy (non-hydrogen) atoms. The Labute approximate surface area is 125 Å². The fourth-order valence-electron chi connectivity index (χ4n) is 2.81. The summed E-state index contributed by atoms with van der Waals surface area (Å²) in [6.45, 7) is 8.71. The summed E-state index contributed by atoms with van der Waals surface area (Å²) in [6.07, 6.45) is 0. The second-order valence-corrected chi connectivity index (χ2v) is 6.52. The zero-order valence-corrected chi connectivity index (χ0v) is 13.0. The van der Waals surface area contributed by atoms with Crippen molar-refractivity contribution in [3.05, 3.63) is 53.6 Å². The van der Waals surface area contributed by atoms with Crippen molar-refractivity contribution >= 4 is 17.0 Å². The zero-order chi connectivity index (χ0) is 15.2. The van der Waals surface area contributed by atoms with E-state index in [-0.39, 0.29) is 5.41 Å². The molecule has 0 bridgehead atoms. The number of nitrogens with zero attached hydrogens (tertiary/aromatic N) is 2. The van der Waals surface area contributed by atoms with Crippen molar-refractivity contribution in [2.75, 3.05) is 5.73 Å². The van der Waals surface area contributed by atoms with Gasteiger partial charge in [-0.15, -0.1) is 0 Å². The average molecular weight is 279 g/mol. The van der Waals surface area contributed by atoms with Gasteiger partial charge in [-0.3, -0.25) is 4.57 Å². The van der Waals surface area contributed by atoms with Crippen molar-refractivity contribution in [1.82, 2.24) is 9.55 Å². The molecule has 0 radical (unpaired) electrons. The van der Waals surface area contributed by atoms with Crippen molar-refractivity contribution in [2.24, 2.45) is 0 Å². The molecule has 0 aliphatic heterocycles. The number of aryl methyl sites for hydroxylation is 1. The third-order valence-electron chi connectivity index (χ3n) is 3.87. The summed E-state index contributed by atoms with van der Waals surface area (Å²) in [5.41, 5.74) is 11.8. The van der Waals surface area contributed by atoms with Crippen LogP contribution in [0.3, 0.4) is 0 Å². The van der Waals surface area contributed by atoms with Gasteiger partial charge in [-0.1, -0.05) is 51.1 Å². The second-order valence-electron chi connectivity index (χ2n) is 6.52. The number of hydrogen-bond donors (Lipinski definition) is 1. The Morgan fingerprint density at radius 3 is 2.43 bits per heavy atom. The number of nitrogens with two attached hydrogens (primary N) is 1. The Kier molecular flexibility index (Phi) is 3.01. The highest BCUT2D eigenvalue weighted by Crippen LogP contribution is 2.32. The number of aromatic nitrogens is 2. The Morgan fingerprint density at radius 1 is 1.00 bits per heavy atom. The summed E-state index contributed by atoms with van der Waals surface area (Å²) >= 11 is 0. The highest BCUT2D eigenvalue weighted by Gasteiger charge is 2.21. The van der Waals surface area contributed by atoms with Crippen LogP contribution in [0.5, 0.6) is 0 Å². The third kappa shape index (κ3) is 2.19. The zero-order valence-electron chi connectivity index (χ0n) is 13.0. The molecular weight excluding hydrogens is 258 g/mol. The van der Waals surface area contributed by atoms with Crippen LogP contribution in [0.25, 0.3) is 16.7 Å². The molecule has 0 amide bonds. The van der Waals surface area contributed by atoms with Gasteiger partial charge in [-0.05, 0) is 35.6 Å². The summed E-state index contributed by atoms with van der Waals surface area (Å²) in [5.74, 6) is 0.538. The van der Waals surface area contributed by atoms with Gasteiger partial charge < -0.3 is 5.73 Å². The van der Waals surface area contributed by atoms with E-state index in [1.165, 1.54) is 5.56 Å². The molecule has 0 aliphatic carbocycles. The predicted molar refractivity (Wildman–Crippen MR) is 88.9 cm³/mol. The molecule has 0 unspecified atom stereocenters. The Hall–Kier alpha value is -2.29. The fourth-order valence-corrected chi connectivity index (χ4v) is 2.81. The van der Waals surface area contributed by atoms with E-state index in [0.29, 0.717) is 5.95 Å². The topological polar surface area (TPSA) is 43.8 Å². The molecule has 1 aromatic heterocycles. The fraction of sp³-hybridized carbons (Fsp3) is 0.278. The highest BCUT2D eigenvalue weighted by atomic mass is 15.2. The van der Waals surface area contributed by atoms with Crippen molar-refractivity contribution in [1.29, 1.82) is 0 Å². The lowest BCUT2D eigenvalue weighted by molar-refractivity contribution is 0.587. The smallest absolute Gasteiger partial charge is 0.205 e. The van der Waals surface area contributed by atoms with Crippen LogP contribution in [0.2, 0.25) is 0 Å². The molecule has 3 nitrogen and oxygen atoms in total. The van der Waals surface area contributed by atoms with Gasteiger partial charge in [-0.25, -0.2) is 4.98 Å². The molecule has 0 fully saturated rings. The molecule has 3 rings (SSSR count). The summed E-state index contributed by atoms with van der Waals surface area (Å²) in [5, 5.41) is 0. The number of rotatable bonds is 1. The van der Waals surface area contributed by atoms with Crippen molar-refractivity contribution in [3.8, 4) is 5.69 Å². The summed E-state index contributed by atoms with van der Waals surface area (Å²) in [4.78, 5) is 4.55. The number of imidazole rings is 1. The normalized spacial score (nSPS) is 12.0. The van der Waals surface area contributed by atoms with Gasteiger partial charge in [0, 0.05) is 0 Å². The van der Waals surface area contributed by atoms with E-state index in [1.807, 2.05) is 6.07 Å². The van der Waals surface area contributed by atoms with E-state index in [9.17, 15) is 0 Å². The maximum atomic E-state index is 6.22. The van der Waals surface area contributed by atoms with E-state index in [2.05, 4.69) is 73.6 Å². The first kappa shape index (κ1) is 13.7. The van der Waals surface area contributed by atoms with Crippen LogP contribution in [-0.4, -0.2) is 9.55 Å². The van der Waals surface area contributed by atoms with Gasteiger partial charge in [0.15, 0.2) is 0 Å². The maximum absolute atomic E-state index is 6.22. The summed E-state index contributed by atoms with van der Waals surface area (Å²) in [6, 6.07) is 14.6. The first-order valence-electron chi connectivity index (χ1n) is 7.23. The van der Waals surface area contributed by atoms with Gasteiger partial charge in [-0.2, -0.15) is 0 Å². The van der Waals surface area contributed by atoms with Crippen LogP contribution in [0.15, 0.2) is 42.5 Å². The van der Waals surface area contributed by atoms with Crippen LogP contribution in [0.1, 0.15) is 31.9 Å². The van der Waals surface area contributed by atoms with Gasteiger partial charge in [0.25, 0.3) is 0 Å². The molecule has 0 aliphatic rings. The van der Waals surface area contributed by atoms with Gasteiger partial charge in [0.2, 0.25) is 5.95 Å². The number of hydrogen-bond acceptors (Lipinski definition) is 2. The molecule has 0 spiro atoms. The lowest BCUT2D eigenvalue weighted by Crippen LogP contribution is -2.15. The van der Waals surface area contributed by atoms with Crippen LogP contribution in [0.4, 0.5) is 5.95 Å². The minimum Gasteiger partial charge on any atom is -0.369 e.